The summed E-state index contributed by atoms with van der Waals surface area (Å²) in [4.78, 5) is 0.307. The molecule has 0 heterocycles. The van der Waals surface area contributed by atoms with Crippen LogP contribution < -0.4 is 4.74 Å². The highest BCUT2D eigenvalue weighted by molar-refractivity contribution is 9.11. The van der Waals surface area contributed by atoms with Gasteiger partial charge in [0.2, 0.25) is 0 Å². The summed E-state index contributed by atoms with van der Waals surface area (Å²) in [7, 11) is 1.68. The highest BCUT2D eigenvalue weighted by Gasteiger charge is 2.11. The van der Waals surface area contributed by atoms with Crippen molar-refractivity contribution >= 4 is 31.9 Å². The number of alkyl halides is 1. The molecule has 2 rings (SSSR count). The van der Waals surface area contributed by atoms with E-state index in [-0.39, 0.29) is 0 Å². The maximum atomic E-state index is 5.16. The zero-order valence-electron chi connectivity index (χ0n) is 10.1. The molecule has 0 radical (unpaired) electrons. The van der Waals surface area contributed by atoms with E-state index in [1.165, 1.54) is 11.1 Å². The first-order chi connectivity index (χ1) is 8.70. The lowest BCUT2D eigenvalue weighted by Gasteiger charge is -2.12. The number of benzene rings is 2. The van der Waals surface area contributed by atoms with Gasteiger partial charge >= 0.3 is 0 Å². The number of rotatable bonds is 4. The standard InChI is InChI=1S/C15H14Br2O/c1-18-12-8-6-11(7-9-12)10-15(17)13-4-2-3-5-14(13)16/h2-9,15H,10H2,1H3. The molecule has 3 heteroatoms. The Morgan fingerprint density at radius 1 is 1.06 bits per heavy atom. The molecule has 0 amide bonds. The molecule has 1 atom stereocenters. The van der Waals surface area contributed by atoms with Gasteiger partial charge in [-0.15, -0.1) is 0 Å². The van der Waals surface area contributed by atoms with Gasteiger partial charge < -0.3 is 4.74 Å². The Morgan fingerprint density at radius 2 is 1.72 bits per heavy atom. The number of hydrogen-bond donors (Lipinski definition) is 0. The van der Waals surface area contributed by atoms with Crippen molar-refractivity contribution in [3.05, 3.63) is 64.1 Å². The van der Waals surface area contributed by atoms with Crippen LogP contribution in [0.25, 0.3) is 0 Å². The van der Waals surface area contributed by atoms with E-state index in [1.807, 2.05) is 18.2 Å². The van der Waals surface area contributed by atoms with Crippen molar-refractivity contribution in [2.24, 2.45) is 0 Å². The molecule has 0 aliphatic heterocycles. The molecule has 0 aromatic heterocycles. The van der Waals surface area contributed by atoms with Gasteiger partial charge in [0, 0.05) is 9.30 Å². The Labute approximate surface area is 124 Å². The number of ether oxygens (including phenoxy) is 1. The topological polar surface area (TPSA) is 9.23 Å². The maximum Gasteiger partial charge on any atom is 0.118 e. The van der Waals surface area contributed by atoms with E-state index in [0.717, 1.165) is 16.6 Å². The summed E-state index contributed by atoms with van der Waals surface area (Å²) in [6.07, 6.45) is 0.951. The second-order valence-corrected chi connectivity index (χ2v) is 6.00. The van der Waals surface area contributed by atoms with Gasteiger partial charge in [-0.25, -0.2) is 0 Å². The summed E-state index contributed by atoms with van der Waals surface area (Å²) in [5.41, 5.74) is 2.56. The minimum atomic E-state index is 0.307. The summed E-state index contributed by atoms with van der Waals surface area (Å²) in [6.45, 7) is 0. The Balaban J connectivity index is 2.11. The molecule has 0 bridgehead atoms. The molecule has 2 aromatic carbocycles. The number of hydrogen-bond acceptors (Lipinski definition) is 1. The first-order valence-electron chi connectivity index (χ1n) is 5.72. The molecule has 0 spiro atoms. The summed E-state index contributed by atoms with van der Waals surface area (Å²) in [5.74, 6) is 0.894. The Kier molecular flexibility index (Phi) is 4.84. The van der Waals surface area contributed by atoms with E-state index in [2.05, 4.69) is 62.2 Å². The Bertz CT molecular complexity index is 508. The molecule has 0 fully saturated rings. The van der Waals surface area contributed by atoms with Gasteiger partial charge in [-0.3, -0.25) is 0 Å². The third-order valence-electron chi connectivity index (χ3n) is 2.82. The second-order valence-electron chi connectivity index (χ2n) is 4.04. The van der Waals surface area contributed by atoms with Gasteiger partial charge in [0.05, 0.1) is 7.11 Å². The largest absolute Gasteiger partial charge is 0.497 e. The molecule has 94 valence electrons. The molecule has 2 aromatic rings. The molecular weight excluding hydrogens is 356 g/mol. The zero-order chi connectivity index (χ0) is 13.0. The van der Waals surface area contributed by atoms with Crippen molar-refractivity contribution in [1.82, 2.24) is 0 Å². The monoisotopic (exact) mass is 368 g/mol. The number of halogens is 2. The SMILES string of the molecule is COc1ccc(CC(Br)c2ccccc2Br)cc1. The molecule has 0 saturated carbocycles. The van der Waals surface area contributed by atoms with Crippen LogP contribution in [0.2, 0.25) is 0 Å². The fourth-order valence-corrected chi connectivity index (χ4v) is 3.45. The van der Waals surface area contributed by atoms with Crippen molar-refractivity contribution in [2.45, 2.75) is 11.2 Å². The smallest absolute Gasteiger partial charge is 0.118 e. The van der Waals surface area contributed by atoms with Crippen molar-refractivity contribution in [2.75, 3.05) is 7.11 Å². The van der Waals surface area contributed by atoms with Crippen LogP contribution in [0.15, 0.2) is 53.0 Å². The minimum absolute atomic E-state index is 0.307. The minimum Gasteiger partial charge on any atom is -0.497 e. The Morgan fingerprint density at radius 3 is 2.33 bits per heavy atom. The van der Waals surface area contributed by atoms with Gasteiger partial charge in [0.15, 0.2) is 0 Å². The van der Waals surface area contributed by atoms with E-state index in [1.54, 1.807) is 7.11 Å². The van der Waals surface area contributed by atoms with Crippen LogP contribution in [0, 0.1) is 0 Å². The summed E-state index contributed by atoms with van der Waals surface area (Å²) < 4.78 is 6.30. The summed E-state index contributed by atoms with van der Waals surface area (Å²) in [5, 5.41) is 0. The fourth-order valence-electron chi connectivity index (χ4n) is 1.81. The third kappa shape index (κ3) is 3.36. The summed E-state index contributed by atoms with van der Waals surface area (Å²) in [6, 6.07) is 16.5. The van der Waals surface area contributed by atoms with Crippen molar-refractivity contribution in [3.63, 3.8) is 0 Å². The van der Waals surface area contributed by atoms with E-state index >= 15 is 0 Å². The average molecular weight is 370 g/mol. The predicted octanol–water partition coefficient (Wildman–Crippen LogP) is 5.14. The van der Waals surface area contributed by atoms with Crippen LogP contribution in [-0.2, 0) is 6.42 Å². The highest BCUT2D eigenvalue weighted by Crippen LogP contribution is 2.32. The van der Waals surface area contributed by atoms with Crippen LogP contribution in [-0.4, -0.2) is 7.11 Å². The van der Waals surface area contributed by atoms with Gasteiger partial charge in [-0.1, -0.05) is 62.2 Å². The predicted molar refractivity (Wildman–Crippen MR) is 82.5 cm³/mol. The van der Waals surface area contributed by atoms with Crippen LogP contribution in [0.5, 0.6) is 5.75 Å². The second kappa shape index (κ2) is 6.39. The van der Waals surface area contributed by atoms with Crippen LogP contribution in [0.4, 0.5) is 0 Å². The van der Waals surface area contributed by atoms with Crippen molar-refractivity contribution in [1.29, 1.82) is 0 Å². The van der Waals surface area contributed by atoms with Gasteiger partial charge in [-0.2, -0.15) is 0 Å². The molecule has 0 N–H and O–H groups in total. The lowest BCUT2D eigenvalue weighted by atomic mass is 10.0. The lowest BCUT2D eigenvalue weighted by Crippen LogP contribution is -1.96. The van der Waals surface area contributed by atoms with E-state index in [9.17, 15) is 0 Å². The fraction of sp³-hybridized carbons (Fsp3) is 0.200. The first kappa shape index (κ1) is 13.6. The highest BCUT2D eigenvalue weighted by atomic mass is 79.9. The normalized spacial score (nSPS) is 12.2. The van der Waals surface area contributed by atoms with E-state index in [0.29, 0.717) is 4.83 Å². The Hall–Kier alpha value is -0.800. The first-order valence-corrected chi connectivity index (χ1v) is 7.43. The molecule has 0 saturated heterocycles. The maximum absolute atomic E-state index is 5.16. The molecule has 0 aliphatic rings. The molecular formula is C15H14Br2O. The lowest BCUT2D eigenvalue weighted by molar-refractivity contribution is 0.414. The van der Waals surface area contributed by atoms with Crippen LogP contribution >= 0.6 is 31.9 Å². The molecule has 1 nitrogen and oxygen atoms in total. The quantitative estimate of drug-likeness (QED) is 0.678. The van der Waals surface area contributed by atoms with Crippen LogP contribution in [0.3, 0.4) is 0 Å². The molecule has 0 aliphatic carbocycles. The van der Waals surface area contributed by atoms with E-state index in [4.69, 9.17) is 4.74 Å². The van der Waals surface area contributed by atoms with Gasteiger partial charge in [0.25, 0.3) is 0 Å². The zero-order valence-corrected chi connectivity index (χ0v) is 13.2. The van der Waals surface area contributed by atoms with Gasteiger partial charge in [0.1, 0.15) is 5.75 Å². The summed E-state index contributed by atoms with van der Waals surface area (Å²) >= 11 is 7.33. The molecule has 18 heavy (non-hydrogen) atoms. The average Bonchev–Trinajstić information content (AvgIpc) is 2.40. The third-order valence-corrected chi connectivity index (χ3v) is 4.36. The van der Waals surface area contributed by atoms with Gasteiger partial charge in [-0.05, 0) is 35.7 Å². The molecule has 1 unspecified atom stereocenters. The van der Waals surface area contributed by atoms with Crippen molar-refractivity contribution in [3.8, 4) is 5.75 Å². The number of methoxy groups -OCH3 is 1. The van der Waals surface area contributed by atoms with Crippen LogP contribution in [0.1, 0.15) is 16.0 Å². The van der Waals surface area contributed by atoms with E-state index < -0.39 is 0 Å². The van der Waals surface area contributed by atoms with Crippen molar-refractivity contribution < 1.29 is 4.74 Å².